The molecule has 0 aromatic heterocycles. The first kappa shape index (κ1) is 6.75. The molecule has 2 heterocycles. The second-order valence-electron chi connectivity index (χ2n) is 2.98. The van der Waals surface area contributed by atoms with Crippen molar-refractivity contribution in [3.63, 3.8) is 0 Å². The Kier molecular flexibility index (Phi) is 1.59. The first-order chi connectivity index (χ1) is 5.42. The van der Waals surface area contributed by atoms with E-state index in [-0.39, 0.29) is 0 Å². The summed E-state index contributed by atoms with van der Waals surface area (Å²) in [6.45, 7) is 3.13. The molecule has 0 saturated carbocycles. The van der Waals surface area contributed by atoms with E-state index in [9.17, 15) is 0 Å². The minimum absolute atomic E-state index is 0.340. The number of terminal acetylenes is 1. The van der Waals surface area contributed by atoms with E-state index in [1.165, 1.54) is 5.70 Å². The van der Waals surface area contributed by atoms with Crippen molar-refractivity contribution in [3.8, 4) is 12.3 Å². The van der Waals surface area contributed by atoms with Gasteiger partial charge in [-0.2, -0.15) is 0 Å². The summed E-state index contributed by atoms with van der Waals surface area (Å²) in [4.78, 5) is 2.33. The third-order valence-electron chi connectivity index (χ3n) is 2.35. The molecule has 0 amide bonds. The molecule has 11 heavy (non-hydrogen) atoms. The van der Waals surface area contributed by atoms with Gasteiger partial charge in [0.15, 0.2) is 0 Å². The van der Waals surface area contributed by atoms with Crippen molar-refractivity contribution in [2.24, 2.45) is 0 Å². The fourth-order valence-electron chi connectivity index (χ4n) is 1.74. The maximum atomic E-state index is 5.40. The van der Waals surface area contributed by atoms with Crippen molar-refractivity contribution in [2.75, 3.05) is 19.6 Å². The van der Waals surface area contributed by atoms with Gasteiger partial charge >= 0.3 is 0 Å². The Bertz CT molecular complexity index is 224. The maximum Gasteiger partial charge on any atom is 0.0934 e. The van der Waals surface area contributed by atoms with Crippen LogP contribution >= 0.6 is 0 Å². The van der Waals surface area contributed by atoms with Crippen LogP contribution in [0, 0.1) is 12.3 Å². The lowest BCUT2D eigenvalue weighted by atomic mass is 10.2. The summed E-state index contributed by atoms with van der Waals surface area (Å²) in [5, 5.41) is 3.32. The SMILES string of the molecule is C#C[C@H]1CC=C2CNCCN21. The van der Waals surface area contributed by atoms with Crippen LogP contribution in [-0.4, -0.2) is 30.6 Å². The molecule has 2 nitrogen and oxygen atoms in total. The lowest BCUT2D eigenvalue weighted by molar-refractivity contribution is 0.289. The second-order valence-corrected chi connectivity index (χ2v) is 2.98. The Morgan fingerprint density at radius 3 is 3.45 bits per heavy atom. The lowest BCUT2D eigenvalue weighted by Gasteiger charge is -2.31. The van der Waals surface area contributed by atoms with Crippen LogP contribution in [0.2, 0.25) is 0 Å². The zero-order valence-corrected chi connectivity index (χ0v) is 6.51. The van der Waals surface area contributed by atoms with Crippen LogP contribution in [0.3, 0.4) is 0 Å². The predicted molar refractivity (Wildman–Crippen MR) is 44.9 cm³/mol. The average molecular weight is 148 g/mol. The molecule has 0 radical (unpaired) electrons. The van der Waals surface area contributed by atoms with Crippen molar-refractivity contribution in [1.82, 2.24) is 10.2 Å². The van der Waals surface area contributed by atoms with Crippen molar-refractivity contribution in [1.29, 1.82) is 0 Å². The van der Waals surface area contributed by atoms with E-state index in [4.69, 9.17) is 6.42 Å². The molecule has 0 aliphatic carbocycles. The van der Waals surface area contributed by atoms with Gasteiger partial charge in [0.25, 0.3) is 0 Å². The molecule has 1 N–H and O–H groups in total. The molecule has 0 bridgehead atoms. The van der Waals surface area contributed by atoms with Crippen LogP contribution in [0.4, 0.5) is 0 Å². The lowest BCUT2D eigenvalue weighted by Crippen LogP contribution is -2.43. The van der Waals surface area contributed by atoms with Crippen LogP contribution in [0.25, 0.3) is 0 Å². The predicted octanol–water partition coefficient (Wildman–Crippen LogP) is 0.181. The van der Waals surface area contributed by atoms with Crippen molar-refractivity contribution < 1.29 is 0 Å². The molecule has 0 aromatic carbocycles. The summed E-state index contributed by atoms with van der Waals surface area (Å²) in [5.74, 6) is 2.81. The molecule has 1 fully saturated rings. The van der Waals surface area contributed by atoms with Crippen LogP contribution < -0.4 is 5.32 Å². The van der Waals surface area contributed by atoms with E-state index in [0.29, 0.717) is 6.04 Å². The van der Waals surface area contributed by atoms with Crippen LogP contribution in [0.15, 0.2) is 11.8 Å². The molecule has 0 aromatic rings. The third kappa shape index (κ3) is 1.02. The Morgan fingerprint density at radius 2 is 2.64 bits per heavy atom. The third-order valence-corrected chi connectivity index (χ3v) is 2.35. The number of nitrogens with zero attached hydrogens (tertiary/aromatic N) is 1. The molecule has 2 rings (SSSR count). The van der Waals surface area contributed by atoms with Gasteiger partial charge in [0, 0.05) is 25.3 Å². The zero-order valence-electron chi connectivity index (χ0n) is 6.51. The van der Waals surface area contributed by atoms with Gasteiger partial charge in [-0.15, -0.1) is 6.42 Å². The minimum atomic E-state index is 0.340. The zero-order chi connectivity index (χ0) is 7.68. The van der Waals surface area contributed by atoms with Crippen molar-refractivity contribution in [2.45, 2.75) is 12.5 Å². The fourth-order valence-corrected chi connectivity index (χ4v) is 1.74. The average Bonchev–Trinajstić information content (AvgIpc) is 2.47. The van der Waals surface area contributed by atoms with E-state index in [0.717, 1.165) is 26.1 Å². The van der Waals surface area contributed by atoms with E-state index in [1.807, 2.05) is 0 Å². The van der Waals surface area contributed by atoms with Crippen LogP contribution in [-0.2, 0) is 0 Å². The van der Waals surface area contributed by atoms with Gasteiger partial charge in [0.05, 0.1) is 6.04 Å². The van der Waals surface area contributed by atoms with E-state index in [1.54, 1.807) is 0 Å². The maximum absolute atomic E-state index is 5.40. The summed E-state index contributed by atoms with van der Waals surface area (Å²) in [7, 11) is 0. The van der Waals surface area contributed by atoms with Crippen molar-refractivity contribution >= 4 is 0 Å². The Morgan fingerprint density at radius 1 is 1.73 bits per heavy atom. The van der Waals surface area contributed by atoms with Crippen LogP contribution in [0.1, 0.15) is 6.42 Å². The topological polar surface area (TPSA) is 15.3 Å². The summed E-state index contributed by atoms with van der Waals surface area (Å²) in [5.41, 5.74) is 1.39. The van der Waals surface area contributed by atoms with Gasteiger partial charge in [-0.05, 0) is 6.42 Å². The van der Waals surface area contributed by atoms with E-state index >= 15 is 0 Å². The number of nitrogens with one attached hydrogen (secondary N) is 1. The van der Waals surface area contributed by atoms with E-state index < -0.39 is 0 Å². The Balaban J connectivity index is 2.13. The van der Waals surface area contributed by atoms with Crippen molar-refractivity contribution in [3.05, 3.63) is 11.8 Å². The smallest absolute Gasteiger partial charge is 0.0934 e. The van der Waals surface area contributed by atoms with Gasteiger partial charge in [-0.3, -0.25) is 0 Å². The highest BCUT2D eigenvalue weighted by Gasteiger charge is 2.25. The standard InChI is InChI=1S/C9H12N2/c1-2-8-3-4-9-7-10-5-6-11(8)9/h1,4,8,10H,3,5-7H2/t8-/m0/s1. The highest BCUT2D eigenvalue weighted by molar-refractivity contribution is 5.21. The van der Waals surface area contributed by atoms with Gasteiger partial charge in [0.2, 0.25) is 0 Å². The highest BCUT2D eigenvalue weighted by atomic mass is 15.2. The molecular formula is C9H12N2. The number of hydrogen-bond donors (Lipinski definition) is 1. The normalized spacial score (nSPS) is 29.2. The number of fused-ring (bicyclic) bond motifs is 1. The molecule has 2 aliphatic heterocycles. The van der Waals surface area contributed by atoms with Gasteiger partial charge < -0.3 is 10.2 Å². The van der Waals surface area contributed by atoms with Gasteiger partial charge in [-0.25, -0.2) is 0 Å². The molecule has 2 heteroatoms. The number of hydrogen-bond acceptors (Lipinski definition) is 2. The summed E-state index contributed by atoms with van der Waals surface area (Å²) >= 11 is 0. The molecular weight excluding hydrogens is 136 g/mol. The summed E-state index contributed by atoms with van der Waals surface area (Å²) < 4.78 is 0. The molecule has 0 unspecified atom stereocenters. The van der Waals surface area contributed by atoms with E-state index in [2.05, 4.69) is 22.2 Å². The Labute approximate surface area is 67.3 Å². The molecule has 1 saturated heterocycles. The molecule has 1 atom stereocenters. The largest absolute Gasteiger partial charge is 0.359 e. The second kappa shape index (κ2) is 2.60. The fraction of sp³-hybridized carbons (Fsp3) is 0.556. The first-order valence-corrected chi connectivity index (χ1v) is 4.04. The summed E-state index contributed by atoms with van der Waals surface area (Å²) in [6.07, 6.45) is 8.68. The monoisotopic (exact) mass is 148 g/mol. The van der Waals surface area contributed by atoms with Gasteiger partial charge in [-0.1, -0.05) is 12.0 Å². The quantitative estimate of drug-likeness (QED) is 0.493. The van der Waals surface area contributed by atoms with Gasteiger partial charge in [0.1, 0.15) is 0 Å². The first-order valence-electron chi connectivity index (χ1n) is 4.04. The molecule has 58 valence electrons. The highest BCUT2D eigenvalue weighted by Crippen LogP contribution is 2.21. The number of rotatable bonds is 0. The van der Waals surface area contributed by atoms with Crippen LogP contribution in [0.5, 0.6) is 0 Å². The molecule has 0 spiro atoms. The molecule has 2 aliphatic rings. The number of piperazine rings is 1. The Hall–Kier alpha value is -0.940. The minimum Gasteiger partial charge on any atom is -0.359 e. The summed E-state index contributed by atoms with van der Waals surface area (Å²) in [6, 6.07) is 0.340.